The second-order valence-electron chi connectivity index (χ2n) is 8.21. The molecule has 1 aliphatic rings. The van der Waals surface area contributed by atoms with Crippen LogP contribution in [0.1, 0.15) is 29.5 Å². The number of alkyl halides is 1. The zero-order chi connectivity index (χ0) is 21.7. The van der Waals surface area contributed by atoms with Crippen molar-refractivity contribution in [3.8, 4) is 11.3 Å². The minimum Gasteiger partial charge on any atom is -0.323 e. The SMILES string of the molecule is O=c1[nH][nH]c2cc(CI)c(-c3cc4c(c(Nc5n[nH]c6ccccc56)n3)CCCC4)cc12. The smallest absolute Gasteiger partial charge is 0.271 e. The maximum atomic E-state index is 12.3. The summed E-state index contributed by atoms with van der Waals surface area (Å²) in [4.78, 5) is 17.3. The van der Waals surface area contributed by atoms with Crippen molar-refractivity contribution >= 4 is 56.0 Å². The molecule has 0 amide bonds. The van der Waals surface area contributed by atoms with E-state index >= 15 is 0 Å². The Morgan fingerprint density at radius 2 is 1.84 bits per heavy atom. The van der Waals surface area contributed by atoms with Gasteiger partial charge >= 0.3 is 0 Å². The Morgan fingerprint density at radius 1 is 0.969 bits per heavy atom. The molecule has 2 aromatic carbocycles. The summed E-state index contributed by atoms with van der Waals surface area (Å²) in [5.74, 6) is 1.64. The van der Waals surface area contributed by atoms with Crippen LogP contribution in [0.15, 0.2) is 47.3 Å². The first kappa shape index (κ1) is 19.5. The van der Waals surface area contributed by atoms with Gasteiger partial charge in [0, 0.05) is 15.4 Å². The Labute approximate surface area is 197 Å². The van der Waals surface area contributed by atoms with Crippen molar-refractivity contribution in [2.45, 2.75) is 30.1 Å². The Hall–Kier alpha value is -3.14. The van der Waals surface area contributed by atoms with Gasteiger partial charge in [-0.3, -0.25) is 20.1 Å². The van der Waals surface area contributed by atoms with Crippen LogP contribution in [-0.2, 0) is 17.3 Å². The topological polar surface area (TPSA) is 102 Å². The highest BCUT2D eigenvalue weighted by Gasteiger charge is 2.20. The monoisotopic (exact) mass is 536 g/mol. The molecule has 0 fully saturated rings. The van der Waals surface area contributed by atoms with Gasteiger partial charge in [-0.05, 0) is 72.7 Å². The normalized spacial score (nSPS) is 13.5. The average Bonchev–Trinajstić information content (AvgIpc) is 3.41. The molecule has 3 aromatic heterocycles. The third kappa shape index (κ3) is 3.21. The van der Waals surface area contributed by atoms with Gasteiger partial charge < -0.3 is 5.32 Å². The summed E-state index contributed by atoms with van der Waals surface area (Å²) in [5.41, 5.74) is 7.33. The number of nitrogens with one attached hydrogen (secondary N) is 4. The van der Waals surface area contributed by atoms with Crippen LogP contribution in [0, 0.1) is 0 Å². The Morgan fingerprint density at radius 3 is 2.75 bits per heavy atom. The summed E-state index contributed by atoms with van der Waals surface area (Å²) >= 11 is 2.36. The lowest BCUT2D eigenvalue weighted by atomic mass is 9.90. The molecule has 0 unspecified atom stereocenters. The molecule has 0 spiro atoms. The van der Waals surface area contributed by atoms with Gasteiger partial charge in [-0.2, -0.15) is 5.10 Å². The standard InChI is InChI=1S/C24H21IN6O/c25-12-14-10-21-18(24(32)31-29-21)11-17(14)20-9-13-5-1-2-6-15(13)22(26-20)27-23-16-7-3-4-8-19(16)28-30-23/h3-4,7-11H,1-2,5-6,12H2,(H2,29,31,32)(H2,26,27,28,30). The van der Waals surface area contributed by atoms with Crippen LogP contribution in [0.2, 0.25) is 0 Å². The first-order valence-corrected chi connectivity index (χ1v) is 12.3. The molecule has 160 valence electrons. The number of rotatable bonds is 4. The third-order valence-electron chi connectivity index (χ3n) is 6.27. The van der Waals surface area contributed by atoms with E-state index in [1.807, 2.05) is 30.3 Å². The number of benzene rings is 2. The fraction of sp³-hybridized carbons (Fsp3) is 0.208. The molecule has 5 aromatic rings. The summed E-state index contributed by atoms with van der Waals surface area (Å²) in [6.07, 6.45) is 4.38. The largest absolute Gasteiger partial charge is 0.323 e. The van der Waals surface area contributed by atoms with Crippen molar-refractivity contribution < 1.29 is 0 Å². The molecule has 0 bridgehead atoms. The van der Waals surface area contributed by atoms with Crippen LogP contribution in [0.4, 0.5) is 11.6 Å². The third-order valence-corrected chi connectivity index (χ3v) is 7.09. The zero-order valence-electron chi connectivity index (χ0n) is 17.3. The number of H-pyrrole nitrogens is 3. The van der Waals surface area contributed by atoms with Crippen LogP contribution in [0.25, 0.3) is 33.1 Å². The lowest BCUT2D eigenvalue weighted by Crippen LogP contribution is -2.10. The van der Waals surface area contributed by atoms with Crippen LogP contribution in [0.5, 0.6) is 0 Å². The number of fused-ring (bicyclic) bond motifs is 3. The fourth-order valence-corrected chi connectivity index (χ4v) is 5.26. The molecule has 0 atom stereocenters. The van der Waals surface area contributed by atoms with E-state index in [1.54, 1.807) is 0 Å². The van der Waals surface area contributed by atoms with E-state index in [1.165, 1.54) is 17.5 Å². The fourth-order valence-electron chi connectivity index (χ4n) is 4.63. The van der Waals surface area contributed by atoms with Gasteiger partial charge in [-0.15, -0.1) is 0 Å². The van der Waals surface area contributed by atoms with Crippen LogP contribution >= 0.6 is 22.6 Å². The highest BCUT2D eigenvalue weighted by Crippen LogP contribution is 2.35. The molecular weight excluding hydrogens is 515 g/mol. The quantitative estimate of drug-likeness (QED) is 0.184. The van der Waals surface area contributed by atoms with Gasteiger partial charge in [0.25, 0.3) is 5.56 Å². The summed E-state index contributed by atoms with van der Waals surface area (Å²) in [7, 11) is 0. The average molecular weight is 536 g/mol. The number of nitrogens with zero attached hydrogens (tertiary/aromatic N) is 2. The number of aromatic nitrogens is 5. The van der Waals surface area contributed by atoms with Gasteiger partial charge in [-0.25, -0.2) is 4.98 Å². The number of hydrogen-bond acceptors (Lipinski definition) is 4. The molecule has 8 heteroatoms. The molecule has 0 aliphatic heterocycles. The van der Waals surface area contributed by atoms with Crippen molar-refractivity contribution in [3.63, 3.8) is 0 Å². The van der Waals surface area contributed by atoms with Gasteiger partial charge in [0.15, 0.2) is 5.82 Å². The number of aryl methyl sites for hydroxylation is 1. The molecule has 4 N–H and O–H groups in total. The van der Waals surface area contributed by atoms with Crippen molar-refractivity contribution in [2.75, 3.05) is 5.32 Å². The lowest BCUT2D eigenvalue weighted by Gasteiger charge is -2.21. The van der Waals surface area contributed by atoms with E-state index in [0.717, 1.165) is 68.6 Å². The summed E-state index contributed by atoms with van der Waals surface area (Å²) in [6, 6.07) is 14.3. The summed E-state index contributed by atoms with van der Waals surface area (Å²) in [5, 5.41) is 18.4. The van der Waals surface area contributed by atoms with Crippen LogP contribution in [-0.4, -0.2) is 25.4 Å². The van der Waals surface area contributed by atoms with Crippen LogP contribution in [0.3, 0.4) is 0 Å². The first-order chi connectivity index (χ1) is 15.7. The van der Waals surface area contributed by atoms with Crippen molar-refractivity contribution in [2.24, 2.45) is 0 Å². The number of anilines is 2. The molecule has 7 nitrogen and oxygen atoms in total. The maximum Gasteiger partial charge on any atom is 0.271 e. The van der Waals surface area contributed by atoms with E-state index in [-0.39, 0.29) is 5.56 Å². The predicted molar refractivity (Wildman–Crippen MR) is 136 cm³/mol. The number of hydrogen-bond donors (Lipinski definition) is 4. The van der Waals surface area contributed by atoms with Crippen molar-refractivity contribution in [1.29, 1.82) is 0 Å². The van der Waals surface area contributed by atoms with Crippen LogP contribution < -0.4 is 10.9 Å². The molecule has 0 saturated heterocycles. The molecule has 0 saturated carbocycles. The molecule has 6 rings (SSSR count). The molecule has 32 heavy (non-hydrogen) atoms. The minimum atomic E-state index is -0.111. The minimum absolute atomic E-state index is 0.111. The van der Waals surface area contributed by atoms with Crippen molar-refractivity contribution in [1.82, 2.24) is 25.4 Å². The predicted octanol–water partition coefficient (Wildman–Crippen LogP) is 5.35. The molecule has 0 radical (unpaired) electrons. The Kier molecular flexibility index (Phi) is 4.74. The number of pyridine rings is 1. The van der Waals surface area contributed by atoms with E-state index in [9.17, 15) is 4.79 Å². The number of para-hydroxylation sites is 1. The molecular formula is C24H21IN6O. The highest BCUT2D eigenvalue weighted by molar-refractivity contribution is 14.1. The van der Waals surface area contributed by atoms with Gasteiger partial charge in [0.1, 0.15) is 5.82 Å². The first-order valence-electron chi connectivity index (χ1n) is 10.7. The lowest BCUT2D eigenvalue weighted by molar-refractivity contribution is 0.684. The Bertz CT molecular complexity index is 1530. The van der Waals surface area contributed by atoms with E-state index < -0.39 is 0 Å². The van der Waals surface area contributed by atoms with E-state index in [2.05, 4.69) is 60.4 Å². The molecule has 1 aliphatic carbocycles. The summed E-state index contributed by atoms with van der Waals surface area (Å²) in [6.45, 7) is 0. The second-order valence-corrected chi connectivity index (χ2v) is 8.97. The highest BCUT2D eigenvalue weighted by atomic mass is 127. The van der Waals surface area contributed by atoms with Crippen molar-refractivity contribution in [3.05, 3.63) is 69.5 Å². The Balaban J connectivity index is 1.53. The number of halogens is 1. The van der Waals surface area contributed by atoms with E-state index in [0.29, 0.717) is 5.39 Å². The number of aromatic amines is 3. The van der Waals surface area contributed by atoms with Gasteiger partial charge in [0.05, 0.1) is 22.1 Å². The van der Waals surface area contributed by atoms with Gasteiger partial charge in [0.2, 0.25) is 0 Å². The maximum absolute atomic E-state index is 12.3. The van der Waals surface area contributed by atoms with E-state index in [4.69, 9.17) is 4.98 Å². The summed E-state index contributed by atoms with van der Waals surface area (Å²) < 4.78 is 0.821. The zero-order valence-corrected chi connectivity index (χ0v) is 19.4. The second kappa shape index (κ2) is 7.77. The van der Waals surface area contributed by atoms with Gasteiger partial charge in [-0.1, -0.05) is 34.7 Å². The molecule has 3 heterocycles.